The summed E-state index contributed by atoms with van der Waals surface area (Å²) in [5.41, 5.74) is 2.86. The smallest absolute Gasteiger partial charge is 0.312 e. The number of pyridine rings is 1. The summed E-state index contributed by atoms with van der Waals surface area (Å²) in [6.45, 7) is 8.71. The maximum Gasteiger partial charge on any atom is 0.327 e. The third kappa shape index (κ3) is 1.95. The van der Waals surface area contributed by atoms with E-state index in [2.05, 4.69) is 36.8 Å². The van der Waals surface area contributed by atoms with E-state index in [1.807, 2.05) is 16.7 Å². The first kappa shape index (κ1) is 12.7. The van der Waals surface area contributed by atoms with Crippen molar-refractivity contribution in [2.75, 3.05) is 11.4 Å². The van der Waals surface area contributed by atoms with E-state index in [9.17, 15) is 4.79 Å². The van der Waals surface area contributed by atoms with E-state index >= 15 is 0 Å². The number of fused-ring (bicyclic) bond motifs is 1. The van der Waals surface area contributed by atoms with Crippen LogP contribution in [0, 0.1) is 0 Å². The van der Waals surface area contributed by atoms with Crippen molar-refractivity contribution in [2.45, 2.75) is 26.2 Å². The van der Waals surface area contributed by atoms with Crippen LogP contribution in [-0.2, 0) is 0 Å². The predicted molar refractivity (Wildman–Crippen MR) is 78.9 cm³/mol. The molecule has 2 aromatic heterocycles. The van der Waals surface area contributed by atoms with E-state index in [1.54, 1.807) is 11.1 Å². The zero-order chi connectivity index (χ0) is 14.3. The van der Waals surface area contributed by atoms with Gasteiger partial charge < -0.3 is 5.32 Å². The van der Waals surface area contributed by atoms with Crippen LogP contribution in [0.4, 0.5) is 10.6 Å². The van der Waals surface area contributed by atoms with Gasteiger partial charge in [-0.15, -0.1) is 0 Å². The van der Waals surface area contributed by atoms with Gasteiger partial charge in [-0.25, -0.2) is 9.78 Å². The summed E-state index contributed by atoms with van der Waals surface area (Å²) >= 11 is 0. The predicted octanol–water partition coefficient (Wildman–Crippen LogP) is 2.89. The molecule has 104 valence electrons. The van der Waals surface area contributed by atoms with E-state index in [-0.39, 0.29) is 6.03 Å². The molecule has 0 saturated carbocycles. The first-order valence-corrected chi connectivity index (χ1v) is 6.80. The zero-order valence-corrected chi connectivity index (χ0v) is 11.8. The van der Waals surface area contributed by atoms with Gasteiger partial charge in [0.15, 0.2) is 0 Å². The number of nitrogens with one attached hydrogen (secondary N) is 1. The molecule has 1 aliphatic heterocycles. The van der Waals surface area contributed by atoms with Crippen LogP contribution in [0.15, 0.2) is 36.8 Å². The van der Waals surface area contributed by atoms with Crippen molar-refractivity contribution in [3.8, 4) is 0 Å². The Bertz CT molecular complexity index is 686. The third-order valence-electron chi connectivity index (χ3n) is 3.61. The number of amides is 2. The molecule has 3 heterocycles. The lowest BCUT2D eigenvalue weighted by Crippen LogP contribution is -2.45. The molecular weight excluding hydrogens is 252 g/mol. The summed E-state index contributed by atoms with van der Waals surface area (Å²) in [5, 5.41) is 2.77. The molecule has 0 radical (unpaired) electrons. The van der Waals surface area contributed by atoms with Crippen molar-refractivity contribution in [1.82, 2.24) is 14.7 Å². The van der Waals surface area contributed by atoms with Crippen LogP contribution in [0.2, 0.25) is 0 Å². The van der Waals surface area contributed by atoms with Crippen LogP contribution >= 0.6 is 0 Å². The van der Waals surface area contributed by atoms with E-state index < -0.39 is 0 Å². The van der Waals surface area contributed by atoms with Crippen molar-refractivity contribution in [1.29, 1.82) is 0 Å². The Hall–Kier alpha value is -2.30. The molecule has 3 rings (SSSR count). The van der Waals surface area contributed by atoms with Crippen LogP contribution < -0.4 is 10.2 Å². The van der Waals surface area contributed by atoms with Crippen molar-refractivity contribution < 1.29 is 4.79 Å². The number of aromatic nitrogens is 2. The van der Waals surface area contributed by atoms with Crippen LogP contribution in [0.3, 0.4) is 0 Å². The second-order valence-electron chi connectivity index (χ2n) is 5.36. The lowest BCUT2D eigenvalue weighted by atomic mass is 10.1. The van der Waals surface area contributed by atoms with Gasteiger partial charge in [-0.05, 0) is 17.5 Å². The van der Waals surface area contributed by atoms with E-state index in [4.69, 9.17) is 0 Å². The monoisotopic (exact) mass is 270 g/mol. The van der Waals surface area contributed by atoms with E-state index in [0.717, 1.165) is 23.6 Å². The number of hydrogen-bond donors (Lipinski definition) is 1. The minimum Gasteiger partial charge on any atom is -0.312 e. The summed E-state index contributed by atoms with van der Waals surface area (Å²) in [6.07, 6.45) is 4.46. The largest absolute Gasteiger partial charge is 0.327 e. The minimum absolute atomic E-state index is 0.141. The molecule has 1 saturated heterocycles. The normalized spacial score (nSPS) is 16.1. The first-order chi connectivity index (χ1) is 9.58. The van der Waals surface area contributed by atoms with Gasteiger partial charge in [0, 0.05) is 24.9 Å². The maximum atomic E-state index is 12.1. The van der Waals surface area contributed by atoms with Gasteiger partial charge in [-0.2, -0.15) is 0 Å². The topological polar surface area (TPSA) is 49.6 Å². The lowest BCUT2D eigenvalue weighted by molar-refractivity contribution is 0.246. The van der Waals surface area contributed by atoms with Crippen molar-refractivity contribution >= 4 is 17.5 Å². The van der Waals surface area contributed by atoms with E-state index in [0.29, 0.717) is 12.5 Å². The lowest BCUT2D eigenvalue weighted by Gasteiger charge is -2.27. The Balaban J connectivity index is 2.07. The second-order valence-corrected chi connectivity index (χ2v) is 5.36. The first-order valence-electron chi connectivity index (χ1n) is 6.80. The fourth-order valence-corrected chi connectivity index (χ4v) is 2.52. The molecule has 1 fully saturated rings. The fourth-order valence-electron chi connectivity index (χ4n) is 2.52. The summed E-state index contributed by atoms with van der Waals surface area (Å²) in [6, 6.07) is 3.93. The van der Waals surface area contributed by atoms with Gasteiger partial charge in [0.05, 0.1) is 6.20 Å². The highest BCUT2D eigenvalue weighted by atomic mass is 16.2. The number of carbonyl (C=O) groups is 1. The van der Waals surface area contributed by atoms with Gasteiger partial charge in [-0.3, -0.25) is 9.30 Å². The fraction of sp³-hybridized carbons (Fsp3) is 0.333. The Labute approximate surface area is 117 Å². The Kier molecular flexibility index (Phi) is 2.97. The van der Waals surface area contributed by atoms with Crippen LogP contribution in [-0.4, -0.2) is 22.0 Å². The number of urea groups is 1. The summed E-state index contributed by atoms with van der Waals surface area (Å²) in [5.74, 6) is 1.19. The average molecular weight is 270 g/mol. The van der Waals surface area contributed by atoms with Crippen LogP contribution in [0.1, 0.15) is 31.7 Å². The highest BCUT2D eigenvalue weighted by Crippen LogP contribution is 2.25. The number of nitrogens with zero attached hydrogens (tertiary/aromatic N) is 3. The number of anilines is 1. The molecule has 20 heavy (non-hydrogen) atoms. The molecule has 2 amide bonds. The molecule has 5 nitrogen and oxygen atoms in total. The zero-order valence-electron chi connectivity index (χ0n) is 11.8. The van der Waals surface area contributed by atoms with Crippen LogP contribution in [0.25, 0.3) is 5.65 Å². The molecule has 0 unspecified atom stereocenters. The molecule has 0 spiro atoms. The molecule has 0 aliphatic carbocycles. The second kappa shape index (κ2) is 4.67. The third-order valence-corrected chi connectivity index (χ3v) is 3.61. The van der Waals surface area contributed by atoms with Gasteiger partial charge in [0.2, 0.25) is 0 Å². The van der Waals surface area contributed by atoms with Crippen molar-refractivity contribution in [3.63, 3.8) is 0 Å². The summed E-state index contributed by atoms with van der Waals surface area (Å²) in [4.78, 5) is 18.3. The highest BCUT2D eigenvalue weighted by molar-refractivity contribution is 5.93. The van der Waals surface area contributed by atoms with Gasteiger partial charge >= 0.3 is 6.03 Å². The van der Waals surface area contributed by atoms with Crippen molar-refractivity contribution in [3.05, 3.63) is 42.4 Å². The van der Waals surface area contributed by atoms with Gasteiger partial charge in [0.25, 0.3) is 0 Å². The number of rotatable bonds is 2. The highest BCUT2D eigenvalue weighted by Gasteiger charge is 2.24. The number of imidazole rings is 1. The number of hydrogen-bond acceptors (Lipinski definition) is 2. The maximum absolute atomic E-state index is 12.1. The molecule has 1 N–H and O–H groups in total. The molecule has 0 aromatic carbocycles. The van der Waals surface area contributed by atoms with Crippen LogP contribution in [0.5, 0.6) is 0 Å². The van der Waals surface area contributed by atoms with Gasteiger partial charge in [-0.1, -0.05) is 26.5 Å². The van der Waals surface area contributed by atoms with Gasteiger partial charge in [0.1, 0.15) is 11.5 Å². The molecule has 1 aliphatic rings. The van der Waals surface area contributed by atoms with E-state index in [1.165, 1.54) is 5.56 Å². The summed E-state index contributed by atoms with van der Waals surface area (Å²) < 4.78 is 1.98. The molecular formula is C15H18N4O. The molecule has 0 atom stereocenters. The quantitative estimate of drug-likeness (QED) is 0.912. The molecule has 5 heteroatoms. The Morgan fingerprint density at radius 1 is 1.45 bits per heavy atom. The molecule has 0 bridgehead atoms. The Morgan fingerprint density at radius 3 is 2.95 bits per heavy atom. The Morgan fingerprint density at radius 2 is 2.25 bits per heavy atom. The number of carbonyl (C=O) groups excluding carboxylic acids is 1. The molecule has 2 aromatic rings. The van der Waals surface area contributed by atoms with Crippen molar-refractivity contribution in [2.24, 2.45) is 0 Å². The SMILES string of the molecule is C=C1CCN(c2cnc3c(C(C)C)cccn23)C(=O)N1. The minimum atomic E-state index is -0.141. The standard InChI is InChI=1S/C15H18N4O/c1-10(2)12-5-4-7-18-13(9-16-14(12)18)19-8-6-11(3)17-15(19)20/h4-5,7,9-10H,3,6,8H2,1-2H3,(H,17,20). The average Bonchev–Trinajstić information content (AvgIpc) is 2.82. The summed E-state index contributed by atoms with van der Waals surface area (Å²) in [7, 11) is 0.